The minimum absolute atomic E-state index is 0.129. The number of carbonyl (C=O) groups excluding carboxylic acids is 1. The van der Waals surface area contributed by atoms with Crippen LogP contribution in [-0.4, -0.2) is 34.8 Å². The molecule has 1 aromatic heterocycles. The van der Waals surface area contributed by atoms with Crippen LogP contribution in [0.5, 0.6) is 0 Å². The minimum Gasteiger partial charge on any atom is -0.354 e. The van der Waals surface area contributed by atoms with Gasteiger partial charge in [0.15, 0.2) is 0 Å². The van der Waals surface area contributed by atoms with Crippen molar-refractivity contribution in [1.82, 2.24) is 20.4 Å². The Kier molecular flexibility index (Phi) is 4.14. The zero-order valence-corrected chi connectivity index (χ0v) is 10.2. The molecule has 1 aliphatic heterocycles. The third-order valence-corrected chi connectivity index (χ3v) is 3.23. The van der Waals surface area contributed by atoms with E-state index in [2.05, 4.69) is 22.7 Å². The van der Waals surface area contributed by atoms with E-state index in [-0.39, 0.29) is 11.8 Å². The Morgan fingerprint density at radius 1 is 1.59 bits per heavy atom. The highest BCUT2D eigenvalue weighted by molar-refractivity contribution is 5.78. The summed E-state index contributed by atoms with van der Waals surface area (Å²) in [4.78, 5) is 11.9. The molecule has 5 nitrogen and oxygen atoms in total. The number of aromatic nitrogens is 2. The van der Waals surface area contributed by atoms with Crippen molar-refractivity contribution in [1.29, 1.82) is 0 Å². The van der Waals surface area contributed by atoms with Crippen molar-refractivity contribution in [2.75, 3.05) is 13.1 Å². The second-order valence-corrected chi connectivity index (χ2v) is 4.64. The molecule has 1 amide bonds. The van der Waals surface area contributed by atoms with E-state index in [0.717, 1.165) is 25.9 Å². The lowest BCUT2D eigenvalue weighted by Gasteiger charge is -2.26. The maximum Gasteiger partial charge on any atom is 0.224 e. The monoisotopic (exact) mass is 236 g/mol. The Bertz CT molecular complexity index is 341. The van der Waals surface area contributed by atoms with E-state index in [1.165, 1.54) is 0 Å². The summed E-state index contributed by atoms with van der Waals surface area (Å²) in [5.74, 6) is 0.292. The molecule has 2 N–H and O–H groups in total. The first kappa shape index (κ1) is 12.1. The van der Waals surface area contributed by atoms with Crippen molar-refractivity contribution in [2.45, 2.75) is 32.4 Å². The largest absolute Gasteiger partial charge is 0.354 e. The molecule has 0 spiro atoms. The van der Waals surface area contributed by atoms with Gasteiger partial charge in [-0.1, -0.05) is 0 Å². The Labute approximate surface area is 102 Å². The standard InChI is InChI=1S/C12H20N4O/c1-10-3-4-11(9-14-10)12(17)13-6-8-16-7-2-5-15-16/h2,5,7,10-11,14H,3-4,6,8-9H2,1H3,(H,13,17). The van der Waals surface area contributed by atoms with Gasteiger partial charge in [-0.3, -0.25) is 9.48 Å². The van der Waals surface area contributed by atoms with Crippen molar-refractivity contribution in [3.05, 3.63) is 18.5 Å². The van der Waals surface area contributed by atoms with Crippen LogP contribution in [0.2, 0.25) is 0 Å². The number of piperidine rings is 1. The van der Waals surface area contributed by atoms with Gasteiger partial charge in [-0.15, -0.1) is 0 Å². The molecule has 0 aliphatic carbocycles. The van der Waals surface area contributed by atoms with Crippen LogP contribution in [0.3, 0.4) is 0 Å². The predicted molar refractivity (Wildman–Crippen MR) is 65.4 cm³/mol. The Balaban J connectivity index is 1.67. The van der Waals surface area contributed by atoms with Crippen molar-refractivity contribution in [2.24, 2.45) is 5.92 Å². The predicted octanol–water partition coefficient (Wildman–Crippen LogP) is 0.387. The molecule has 0 bridgehead atoms. The number of nitrogens with one attached hydrogen (secondary N) is 2. The van der Waals surface area contributed by atoms with E-state index in [1.807, 2.05) is 16.9 Å². The number of carbonyl (C=O) groups is 1. The quantitative estimate of drug-likeness (QED) is 0.795. The lowest BCUT2D eigenvalue weighted by molar-refractivity contribution is -0.125. The third-order valence-electron chi connectivity index (χ3n) is 3.23. The summed E-state index contributed by atoms with van der Waals surface area (Å²) < 4.78 is 1.82. The third kappa shape index (κ3) is 3.56. The summed E-state index contributed by atoms with van der Waals surface area (Å²) in [5, 5.41) is 10.4. The molecule has 2 atom stereocenters. The fourth-order valence-corrected chi connectivity index (χ4v) is 2.09. The SMILES string of the molecule is CC1CCC(C(=O)NCCn2cccn2)CN1. The van der Waals surface area contributed by atoms with Crippen LogP contribution in [0.25, 0.3) is 0 Å². The molecular weight excluding hydrogens is 216 g/mol. The van der Waals surface area contributed by atoms with Crippen LogP contribution in [-0.2, 0) is 11.3 Å². The Hall–Kier alpha value is -1.36. The summed E-state index contributed by atoms with van der Waals surface area (Å²) >= 11 is 0. The van der Waals surface area contributed by atoms with E-state index in [1.54, 1.807) is 6.20 Å². The Morgan fingerprint density at radius 2 is 2.47 bits per heavy atom. The van der Waals surface area contributed by atoms with Crippen molar-refractivity contribution < 1.29 is 4.79 Å². The first-order chi connectivity index (χ1) is 8.25. The molecule has 2 unspecified atom stereocenters. The van der Waals surface area contributed by atoms with E-state index >= 15 is 0 Å². The van der Waals surface area contributed by atoms with Crippen LogP contribution in [0.4, 0.5) is 0 Å². The first-order valence-electron chi connectivity index (χ1n) is 6.24. The van der Waals surface area contributed by atoms with Gasteiger partial charge in [-0.2, -0.15) is 5.10 Å². The van der Waals surface area contributed by atoms with E-state index in [4.69, 9.17) is 0 Å². The van der Waals surface area contributed by atoms with Gasteiger partial charge >= 0.3 is 0 Å². The van der Waals surface area contributed by atoms with Gasteiger partial charge in [0.25, 0.3) is 0 Å². The van der Waals surface area contributed by atoms with Crippen LogP contribution in [0.15, 0.2) is 18.5 Å². The highest BCUT2D eigenvalue weighted by atomic mass is 16.1. The summed E-state index contributed by atoms with van der Waals surface area (Å²) in [6, 6.07) is 2.43. The number of hydrogen-bond donors (Lipinski definition) is 2. The Morgan fingerprint density at radius 3 is 3.12 bits per heavy atom. The zero-order chi connectivity index (χ0) is 12.1. The molecule has 0 aromatic carbocycles. The summed E-state index contributed by atoms with van der Waals surface area (Å²) in [6.45, 7) is 4.34. The second-order valence-electron chi connectivity index (χ2n) is 4.64. The van der Waals surface area contributed by atoms with Gasteiger partial charge in [0.05, 0.1) is 12.5 Å². The topological polar surface area (TPSA) is 59.0 Å². The normalized spacial score (nSPS) is 24.5. The molecule has 0 saturated carbocycles. The lowest BCUT2D eigenvalue weighted by atomic mass is 9.95. The number of hydrogen-bond acceptors (Lipinski definition) is 3. The van der Waals surface area contributed by atoms with Gasteiger partial charge in [-0.05, 0) is 25.8 Å². The molecule has 1 aliphatic rings. The maximum atomic E-state index is 11.9. The highest BCUT2D eigenvalue weighted by Crippen LogP contribution is 2.13. The smallest absolute Gasteiger partial charge is 0.224 e. The zero-order valence-electron chi connectivity index (χ0n) is 10.2. The average molecular weight is 236 g/mol. The van der Waals surface area contributed by atoms with Gasteiger partial charge in [-0.25, -0.2) is 0 Å². The van der Waals surface area contributed by atoms with E-state index in [0.29, 0.717) is 12.6 Å². The molecule has 2 rings (SSSR count). The maximum absolute atomic E-state index is 11.9. The number of rotatable bonds is 4. The first-order valence-corrected chi connectivity index (χ1v) is 6.24. The molecular formula is C12H20N4O. The summed E-state index contributed by atoms with van der Waals surface area (Å²) in [5.41, 5.74) is 0. The fraction of sp³-hybridized carbons (Fsp3) is 0.667. The number of amides is 1. The molecule has 1 saturated heterocycles. The average Bonchev–Trinajstić information content (AvgIpc) is 2.83. The molecule has 5 heteroatoms. The van der Waals surface area contributed by atoms with Crippen LogP contribution < -0.4 is 10.6 Å². The van der Waals surface area contributed by atoms with Crippen molar-refractivity contribution >= 4 is 5.91 Å². The fourth-order valence-electron chi connectivity index (χ4n) is 2.09. The van der Waals surface area contributed by atoms with E-state index < -0.39 is 0 Å². The van der Waals surface area contributed by atoms with Gasteiger partial charge in [0.2, 0.25) is 5.91 Å². The lowest BCUT2D eigenvalue weighted by Crippen LogP contribution is -2.44. The number of nitrogens with zero attached hydrogens (tertiary/aromatic N) is 2. The van der Waals surface area contributed by atoms with Crippen LogP contribution in [0, 0.1) is 5.92 Å². The van der Waals surface area contributed by atoms with Crippen molar-refractivity contribution in [3.63, 3.8) is 0 Å². The van der Waals surface area contributed by atoms with Crippen molar-refractivity contribution in [3.8, 4) is 0 Å². The molecule has 17 heavy (non-hydrogen) atoms. The second kappa shape index (κ2) is 5.82. The van der Waals surface area contributed by atoms with Gasteiger partial charge < -0.3 is 10.6 Å². The van der Waals surface area contributed by atoms with Gasteiger partial charge in [0.1, 0.15) is 0 Å². The summed E-state index contributed by atoms with van der Waals surface area (Å²) in [6.07, 6.45) is 5.71. The molecule has 1 fully saturated rings. The van der Waals surface area contributed by atoms with Gasteiger partial charge in [0, 0.05) is 31.5 Å². The van der Waals surface area contributed by atoms with E-state index in [9.17, 15) is 4.79 Å². The van der Waals surface area contributed by atoms with Crippen LogP contribution >= 0.6 is 0 Å². The summed E-state index contributed by atoms with van der Waals surface area (Å²) in [7, 11) is 0. The van der Waals surface area contributed by atoms with Crippen LogP contribution in [0.1, 0.15) is 19.8 Å². The highest BCUT2D eigenvalue weighted by Gasteiger charge is 2.23. The minimum atomic E-state index is 0.129. The molecule has 0 radical (unpaired) electrons. The molecule has 1 aromatic rings. The molecule has 94 valence electrons. The molecule has 2 heterocycles.